The van der Waals surface area contributed by atoms with Gasteiger partial charge >= 0.3 is 6.03 Å². The molecule has 3 aliphatic rings. The molecule has 0 aromatic heterocycles. The number of hydrogen-bond acceptors (Lipinski definition) is 7. The van der Waals surface area contributed by atoms with E-state index in [9.17, 15) is 9.59 Å². The molecule has 5 atom stereocenters. The first-order chi connectivity index (χ1) is 19.2. The van der Waals surface area contributed by atoms with Crippen molar-refractivity contribution in [2.45, 2.75) is 59.0 Å². The highest BCUT2D eigenvalue weighted by Crippen LogP contribution is 2.26. The standard InChI is InChI=1S/C30H46N8O2/c1-6-7-8-21(2)19-38-29(33-18-23(4)37(30(38)40)20-28(32)36(5)15-14-31)34-25-11-12-27-24(17-25)10-9-22(3)26(35-27)13-16-39/h7-12,16,18,21-22,24-26,32H,6,13-15,17,19-20,31H2,1-5H3,(H,33,34)/b8-7+,32-28?. The van der Waals surface area contributed by atoms with E-state index in [-0.39, 0.29) is 42.4 Å². The van der Waals surface area contributed by atoms with E-state index in [0.29, 0.717) is 43.5 Å². The summed E-state index contributed by atoms with van der Waals surface area (Å²) in [5.41, 5.74) is 7.34. The molecule has 10 heteroatoms. The van der Waals surface area contributed by atoms with Crippen LogP contribution < -0.4 is 11.1 Å². The van der Waals surface area contributed by atoms with Crippen molar-refractivity contribution in [1.29, 1.82) is 5.41 Å². The molecule has 2 aliphatic heterocycles. The lowest BCUT2D eigenvalue weighted by atomic mass is 9.89. The average molecular weight is 551 g/mol. The third kappa shape index (κ3) is 8.00. The van der Waals surface area contributed by atoms with E-state index in [1.165, 1.54) is 0 Å². The third-order valence-electron chi connectivity index (χ3n) is 7.53. The summed E-state index contributed by atoms with van der Waals surface area (Å²) in [5.74, 6) is 1.23. The zero-order valence-corrected chi connectivity index (χ0v) is 24.6. The number of rotatable bonds is 11. The van der Waals surface area contributed by atoms with Crippen molar-refractivity contribution in [2.75, 3.05) is 33.2 Å². The topological polar surface area (TPSA) is 130 Å². The maximum Gasteiger partial charge on any atom is 0.331 e. The van der Waals surface area contributed by atoms with Crippen molar-refractivity contribution in [3.63, 3.8) is 0 Å². The Hall–Kier alpha value is -3.53. The highest BCUT2D eigenvalue weighted by Gasteiger charge is 2.33. The molecule has 0 fully saturated rings. The minimum atomic E-state index is -0.220. The number of likely N-dealkylation sites (N-methyl/N-ethyl adjacent to an activating group) is 1. The van der Waals surface area contributed by atoms with E-state index in [0.717, 1.165) is 24.8 Å². The van der Waals surface area contributed by atoms with Crippen LogP contribution in [-0.4, -0.2) is 89.8 Å². The maximum absolute atomic E-state index is 14.0. The highest BCUT2D eigenvalue weighted by molar-refractivity contribution is 6.01. The molecular formula is C30H46N8O2. The number of nitrogens with zero attached hydrogens (tertiary/aromatic N) is 5. The number of carbonyl (C=O) groups excluding carboxylic acids is 2. The van der Waals surface area contributed by atoms with Crippen LogP contribution in [0.3, 0.4) is 0 Å². The summed E-state index contributed by atoms with van der Waals surface area (Å²) in [5, 5.41) is 12.0. The number of nitrogens with two attached hydrogens (primary N) is 1. The van der Waals surface area contributed by atoms with Crippen LogP contribution in [0.2, 0.25) is 0 Å². The molecule has 10 nitrogen and oxygen atoms in total. The van der Waals surface area contributed by atoms with Gasteiger partial charge in [-0.25, -0.2) is 9.79 Å². The van der Waals surface area contributed by atoms with Gasteiger partial charge in [0.1, 0.15) is 12.1 Å². The van der Waals surface area contributed by atoms with Gasteiger partial charge in [0, 0.05) is 56.5 Å². The lowest BCUT2D eigenvalue weighted by Gasteiger charge is -2.34. The second-order valence-electron chi connectivity index (χ2n) is 10.9. The van der Waals surface area contributed by atoms with Crippen LogP contribution in [-0.2, 0) is 4.79 Å². The molecule has 0 radical (unpaired) electrons. The van der Waals surface area contributed by atoms with Gasteiger partial charge < -0.3 is 20.7 Å². The average Bonchev–Trinajstić information content (AvgIpc) is 3.15. The fourth-order valence-electron chi connectivity index (χ4n) is 4.98. The number of carbonyl (C=O) groups is 2. The summed E-state index contributed by atoms with van der Waals surface area (Å²) in [6.07, 6.45) is 17.4. The quantitative estimate of drug-likeness (QED) is 0.157. The van der Waals surface area contributed by atoms with E-state index < -0.39 is 0 Å². The van der Waals surface area contributed by atoms with E-state index in [1.54, 1.807) is 20.9 Å². The van der Waals surface area contributed by atoms with Gasteiger partial charge in [-0.1, -0.05) is 51.2 Å². The molecule has 3 rings (SSSR count). The number of hydrogen-bond donors (Lipinski definition) is 3. The number of urea groups is 1. The molecule has 1 aliphatic carbocycles. The van der Waals surface area contributed by atoms with Gasteiger partial charge in [-0.15, -0.1) is 0 Å². The summed E-state index contributed by atoms with van der Waals surface area (Å²) in [6.45, 7) is 9.66. The van der Waals surface area contributed by atoms with Crippen molar-refractivity contribution in [3.05, 3.63) is 48.4 Å². The SMILES string of the molecule is CC/C=C/C(C)CN1C(=O)N(CC(=N)N(C)CCN)C(C)=CN=C1NC1C=CC2=NC(CC=O)C(C)C=CC2C1. The van der Waals surface area contributed by atoms with Crippen LogP contribution in [0.1, 0.15) is 47.0 Å². The molecule has 5 unspecified atom stereocenters. The molecular weight excluding hydrogens is 504 g/mol. The Bertz CT molecular complexity index is 1100. The first-order valence-electron chi connectivity index (χ1n) is 14.3. The molecule has 2 amide bonds. The number of allylic oxidation sites excluding steroid dienone is 4. The van der Waals surface area contributed by atoms with Crippen LogP contribution in [0, 0.1) is 23.2 Å². The first-order valence-corrected chi connectivity index (χ1v) is 14.3. The Morgan fingerprint density at radius 2 is 2.10 bits per heavy atom. The molecule has 0 aromatic rings. The summed E-state index contributed by atoms with van der Waals surface area (Å²) < 4.78 is 0. The second kappa shape index (κ2) is 14.7. The second-order valence-corrected chi connectivity index (χ2v) is 10.9. The minimum absolute atomic E-state index is 0.0401. The molecule has 40 heavy (non-hydrogen) atoms. The lowest BCUT2D eigenvalue weighted by molar-refractivity contribution is -0.108. The number of nitrogens with one attached hydrogen (secondary N) is 2. The first kappa shape index (κ1) is 31.0. The zero-order valence-electron chi connectivity index (χ0n) is 24.6. The fraction of sp³-hybridized carbons (Fsp3) is 0.567. The summed E-state index contributed by atoms with van der Waals surface area (Å²) in [6, 6.07) is -0.319. The van der Waals surface area contributed by atoms with E-state index in [1.807, 2.05) is 20.0 Å². The Morgan fingerprint density at radius 3 is 2.80 bits per heavy atom. The van der Waals surface area contributed by atoms with Crippen molar-refractivity contribution in [3.8, 4) is 0 Å². The summed E-state index contributed by atoms with van der Waals surface area (Å²) in [4.78, 5) is 39.8. The number of aldehydes is 1. The van der Waals surface area contributed by atoms with Crippen LogP contribution in [0.5, 0.6) is 0 Å². The third-order valence-corrected chi connectivity index (χ3v) is 7.53. The van der Waals surface area contributed by atoms with Gasteiger partial charge in [-0.05, 0) is 37.7 Å². The molecule has 0 bridgehead atoms. The van der Waals surface area contributed by atoms with Crippen molar-refractivity contribution < 1.29 is 9.59 Å². The normalized spacial score (nSPS) is 25.4. The summed E-state index contributed by atoms with van der Waals surface area (Å²) in [7, 11) is 1.81. The van der Waals surface area contributed by atoms with Gasteiger partial charge in [0.15, 0.2) is 0 Å². The van der Waals surface area contributed by atoms with Crippen LogP contribution in [0.25, 0.3) is 0 Å². The lowest BCUT2D eigenvalue weighted by Crippen LogP contribution is -2.54. The van der Waals surface area contributed by atoms with Gasteiger partial charge in [0.05, 0.1) is 18.8 Å². The van der Waals surface area contributed by atoms with Crippen molar-refractivity contribution in [1.82, 2.24) is 20.0 Å². The number of amidine groups is 1. The maximum atomic E-state index is 14.0. The van der Waals surface area contributed by atoms with Gasteiger partial charge in [0.25, 0.3) is 0 Å². The van der Waals surface area contributed by atoms with E-state index >= 15 is 0 Å². The largest absolute Gasteiger partial charge is 0.361 e. The Kier molecular flexibility index (Phi) is 11.4. The molecule has 0 saturated carbocycles. The van der Waals surface area contributed by atoms with Gasteiger partial charge in [0.2, 0.25) is 5.96 Å². The number of guanidine groups is 1. The van der Waals surface area contributed by atoms with E-state index in [2.05, 4.69) is 56.5 Å². The number of aliphatic imine (C=N–C) groups is 2. The predicted molar refractivity (Wildman–Crippen MR) is 162 cm³/mol. The van der Waals surface area contributed by atoms with Crippen molar-refractivity contribution in [2.24, 2.45) is 33.5 Å². The Balaban J connectivity index is 1.85. The van der Waals surface area contributed by atoms with Crippen LogP contribution in [0.15, 0.2) is 58.3 Å². The summed E-state index contributed by atoms with van der Waals surface area (Å²) >= 11 is 0. The van der Waals surface area contributed by atoms with Crippen molar-refractivity contribution >= 4 is 29.8 Å². The zero-order chi connectivity index (χ0) is 29.2. The van der Waals surface area contributed by atoms with Crippen LogP contribution >= 0.6 is 0 Å². The fourth-order valence-corrected chi connectivity index (χ4v) is 4.98. The number of amides is 2. The molecule has 4 N–H and O–H groups in total. The minimum Gasteiger partial charge on any atom is -0.361 e. The predicted octanol–water partition coefficient (Wildman–Crippen LogP) is 3.55. The molecule has 218 valence electrons. The molecule has 2 heterocycles. The molecule has 0 saturated heterocycles. The number of fused-ring (bicyclic) bond motifs is 1. The van der Waals surface area contributed by atoms with Crippen LogP contribution in [0.4, 0.5) is 4.79 Å². The van der Waals surface area contributed by atoms with Gasteiger partial charge in [-0.2, -0.15) is 0 Å². The molecule has 0 spiro atoms. The van der Waals surface area contributed by atoms with Gasteiger partial charge in [-0.3, -0.25) is 20.2 Å². The Morgan fingerprint density at radius 1 is 1.32 bits per heavy atom. The Labute approximate surface area is 239 Å². The highest BCUT2D eigenvalue weighted by atomic mass is 16.2. The van der Waals surface area contributed by atoms with E-state index in [4.69, 9.17) is 21.1 Å². The smallest absolute Gasteiger partial charge is 0.331 e. The monoisotopic (exact) mass is 550 g/mol. The molecule has 0 aromatic carbocycles.